The van der Waals surface area contributed by atoms with Gasteiger partial charge in [0.1, 0.15) is 47.9 Å². The van der Waals surface area contributed by atoms with E-state index in [1.165, 1.54) is 30.5 Å². The Labute approximate surface area is 436 Å². The highest BCUT2D eigenvalue weighted by molar-refractivity contribution is 6.23. The molecule has 2 bridgehead atoms. The van der Waals surface area contributed by atoms with E-state index < -0.39 is 46.8 Å². The summed E-state index contributed by atoms with van der Waals surface area (Å²) in [5.74, 6) is -0.573. The highest BCUT2D eigenvalue weighted by Gasteiger charge is 2.52. The van der Waals surface area contributed by atoms with Crippen LogP contribution in [0.1, 0.15) is 90.5 Å². The minimum atomic E-state index is -1.03. The third kappa shape index (κ3) is 8.78. The number of benzene rings is 3. The van der Waals surface area contributed by atoms with Gasteiger partial charge in [0.15, 0.2) is 5.82 Å². The Bertz CT molecular complexity index is 3330. The Morgan fingerprint density at radius 1 is 0.961 bits per heavy atom. The second-order valence-corrected chi connectivity index (χ2v) is 21.4. The van der Waals surface area contributed by atoms with Crippen LogP contribution in [0.5, 0.6) is 11.8 Å². The van der Waals surface area contributed by atoms with Crippen molar-refractivity contribution in [2.75, 3.05) is 62.7 Å². The van der Waals surface area contributed by atoms with Crippen LogP contribution in [-0.4, -0.2) is 147 Å². The first-order valence-electron chi connectivity index (χ1n) is 26.1. The molecule has 0 spiro atoms. The Hall–Kier alpha value is -7.76. The van der Waals surface area contributed by atoms with E-state index in [1.54, 1.807) is 23.1 Å². The van der Waals surface area contributed by atoms with Crippen LogP contribution >= 0.6 is 0 Å². The van der Waals surface area contributed by atoms with E-state index in [4.69, 9.17) is 25.9 Å². The summed E-state index contributed by atoms with van der Waals surface area (Å²) in [6, 6.07) is 9.75. The zero-order valence-electron chi connectivity index (χ0n) is 41.7. The van der Waals surface area contributed by atoms with Gasteiger partial charge >= 0.3 is 12.1 Å². The number of piperidine rings is 2. The number of phenols is 1. The SMILES string of the molecule is C#Cc1c(F)ccc2cc(O)cc(-c3ncc4c(N5CC6CCC(C5)N6)nc(OCC56CC[C@@H](COC(=O)N7CCC(CCNc8ccc9c(c8)C(=O)N(C8CCC(=O)NC8=O)C9=O)CC7)N5CC(=C)C6)nc4c3F)c12. The molecular formula is C56H56F2N10O8. The van der Waals surface area contributed by atoms with Crippen molar-refractivity contribution in [3.63, 3.8) is 0 Å². The molecule has 0 saturated carbocycles. The fraction of sp³-hybridized carbons (Fsp3) is 0.429. The lowest BCUT2D eigenvalue weighted by Gasteiger charge is -2.35. The van der Waals surface area contributed by atoms with Crippen molar-refractivity contribution in [3.8, 4) is 35.4 Å². The molecule has 76 heavy (non-hydrogen) atoms. The lowest BCUT2D eigenvalue weighted by molar-refractivity contribution is -0.136. The number of piperazine rings is 1. The third-order valence-corrected chi connectivity index (χ3v) is 16.6. The number of ether oxygens (including phenoxy) is 2. The number of terminal acetylenes is 1. The number of rotatable bonds is 12. The van der Waals surface area contributed by atoms with Crippen LogP contribution in [0, 0.1) is 29.9 Å². The fourth-order valence-corrected chi connectivity index (χ4v) is 12.9. The number of nitrogens with one attached hydrogen (secondary N) is 3. The Kier molecular flexibility index (Phi) is 12.6. The molecule has 4 N–H and O–H groups in total. The maximum absolute atomic E-state index is 17.3. The molecule has 6 saturated heterocycles. The van der Waals surface area contributed by atoms with Gasteiger partial charge in [-0.15, -0.1) is 6.42 Å². The number of carbonyl (C=O) groups excluding carboxylic acids is 5. The van der Waals surface area contributed by atoms with Gasteiger partial charge in [0.2, 0.25) is 11.8 Å². The van der Waals surface area contributed by atoms with E-state index in [2.05, 4.69) is 43.2 Å². The molecule has 2 aromatic heterocycles. The average molecular weight is 1040 g/mol. The predicted octanol–water partition coefficient (Wildman–Crippen LogP) is 6.04. The largest absolute Gasteiger partial charge is 0.508 e. The molecule has 9 heterocycles. The summed E-state index contributed by atoms with van der Waals surface area (Å²) in [6.07, 6.45) is 13.6. The summed E-state index contributed by atoms with van der Waals surface area (Å²) in [5.41, 5.74) is 1.49. The smallest absolute Gasteiger partial charge is 0.409 e. The van der Waals surface area contributed by atoms with Crippen molar-refractivity contribution in [2.24, 2.45) is 5.92 Å². The van der Waals surface area contributed by atoms with Gasteiger partial charge in [0.05, 0.1) is 27.6 Å². The number of phenolic OH excluding ortho intramolecular Hbond substituents is 1. The van der Waals surface area contributed by atoms with E-state index in [9.17, 15) is 29.1 Å². The van der Waals surface area contributed by atoms with Gasteiger partial charge in [0, 0.05) is 86.6 Å². The zero-order chi connectivity index (χ0) is 52.6. The Balaban J connectivity index is 0.684. The van der Waals surface area contributed by atoms with Gasteiger partial charge in [-0.2, -0.15) is 9.97 Å². The number of aromatic nitrogens is 3. The van der Waals surface area contributed by atoms with Crippen molar-refractivity contribution >= 4 is 62.9 Å². The lowest BCUT2D eigenvalue weighted by atomic mass is 9.93. The summed E-state index contributed by atoms with van der Waals surface area (Å²) in [6.45, 7) is 8.30. The van der Waals surface area contributed by atoms with Crippen molar-refractivity contribution in [3.05, 3.63) is 89.1 Å². The van der Waals surface area contributed by atoms with Gasteiger partial charge in [0.25, 0.3) is 11.8 Å². The first-order chi connectivity index (χ1) is 36.7. The summed E-state index contributed by atoms with van der Waals surface area (Å²) in [7, 11) is 0. The Morgan fingerprint density at radius 3 is 2.53 bits per heavy atom. The second-order valence-electron chi connectivity index (χ2n) is 21.4. The molecule has 18 nitrogen and oxygen atoms in total. The highest BCUT2D eigenvalue weighted by atomic mass is 19.1. The molecule has 3 aromatic carbocycles. The summed E-state index contributed by atoms with van der Waals surface area (Å²) < 4.78 is 44.9. The number of amides is 5. The van der Waals surface area contributed by atoms with Crippen LogP contribution in [-0.2, 0) is 14.3 Å². The van der Waals surface area contributed by atoms with Gasteiger partial charge in [-0.05, 0) is 105 Å². The van der Waals surface area contributed by atoms with Gasteiger partial charge < -0.3 is 35.0 Å². The number of imide groups is 2. The fourth-order valence-electron chi connectivity index (χ4n) is 12.9. The molecule has 5 amide bonds. The molecule has 12 rings (SSSR count). The number of halogens is 2. The normalized spacial score (nSPS) is 24.6. The molecule has 0 aliphatic carbocycles. The average Bonchev–Trinajstić information content (AvgIpc) is 4.18. The van der Waals surface area contributed by atoms with Crippen molar-refractivity contribution < 1.29 is 47.3 Å². The summed E-state index contributed by atoms with van der Waals surface area (Å²) in [5, 5.41) is 21.0. The zero-order valence-corrected chi connectivity index (χ0v) is 41.7. The molecule has 7 aliphatic rings. The highest BCUT2D eigenvalue weighted by Crippen LogP contribution is 2.45. The van der Waals surface area contributed by atoms with Crippen LogP contribution < -0.4 is 25.6 Å². The van der Waals surface area contributed by atoms with Crippen LogP contribution in [0.2, 0.25) is 0 Å². The van der Waals surface area contributed by atoms with Crippen LogP contribution in [0.4, 0.5) is 25.1 Å². The van der Waals surface area contributed by atoms with Gasteiger partial charge in [-0.3, -0.25) is 39.3 Å². The van der Waals surface area contributed by atoms with E-state index in [0.717, 1.165) is 55.4 Å². The number of nitrogens with zero attached hydrogens (tertiary/aromatic N) is 7. The molecule has 0 radical (unpaired) electrons. The number of anilines is 2. The predicted molar refractivity (Wildman–Crippen MR) is 276 cm³/mol. The molecule has 6 fully saturated rings. The molecule has 5 atom stereocenters. The number of aromatic hydroxyl groups is 1. The summed E-state index contributed by atoms with van der Waals surface area (Å²) >= 11 is 0. The monoisotopic (exact) mass is 1030 g/mol. The van der Waals surface area contributed by atoms with Gasteiger partial charge in [-0.25, -0.2) is 13.6 Å². The molecule has 7 aliphatic heterocycles. The number of fused-ring (bicyclic) bond motifs is 6. The second kappa shape index (κ2) is 19.4. The van der Waals surface area contributed by atoms with Crippen LogP contribution in [0.25, 0.3) is 32.9 Å². The number of pyridine rings is 1. The topological polar surface area (TPSA) is 212 Å². The first kappa shape index (κ1) is 49.1. The number of carbonyl (C=O) groups is 5. The van der Waals surface area contributed by atoms with Crippen LogP contribution in [0.15, 0.2) is 60.8 Å². The van der Waals surface area contributed by atoms with E-state index in [1.807, 2.05) is 0 Å². The molecule has 392 valence electrons. The summed E-state index contributed by atoms with van der Waals surface area (Å²) in [4.78, 5) is 85.4. The minimum Gasteiger partial charge on any atom is -0.508 e. The minimum absolute atomic E-state index is 0.0149. The molecule has 5 aromatic rings. The van der Waals surface area contributed by atoms with Crippen molar-refractivity contribution in [1.29, 1.82) is 0 Å². The maximum atomic E-state index is 17.3. The first-order valence-corrected chi connectivity index (χ1v) is 26.1. The number of hydrogen-bond acceptors (Lipinski definition) is 15. The van der Waals surface area contributed by atoms with Crippen molar-refractivity contribution in [2.45, 2.75) is 93.9 Å². The van der Waals surface area contributed by atoms with Gasteiger partial charge in [-0.1, -0.05) is 24.1 Å². The Morgan fingerprint density at radius 2 is 1.75 bits per heavy atom. The van der Waals surface area contributed by atoms with E-state index >= 15 is 8.78 Å². The van der Waals surface area contributed by atoms with Crippen molar-refractivity contribution in [1.82, 2.24) is 40.3 Å². The maximum Gasteiger partial charge on any atom is 0.409 e. The molecular weight excluding hydrogens is 979 g/mol. The van der Waals surface area contributed by atoms with Crippen LogP contribution in [0.3, 0.4) is 0 Å². The van der Waals surface area contributed by atoms with E-state index in [0.29, 0.717) is 73.9 Å². The third-order valence-electron chi connectivity index (χ3n) is 16.6. The van der Waals surface area contributed by atoms with E-state index in [-0.39, 0.29) is 101 Å². The quantitative estimate of drug-likeness (QED) is 0.0637. The molecule has 20 heteroatoms. The lowest BCUT2D eigenvalue weighted by Crippen LogP contribution is -2.54. The number of likely N-dealkylation sites (tertiary alicyclic amines) is 1. The number of hydrogen-bond donors (Lipinski definition) is 4. The molecule has 4 unspecified atom stereocenters. The standard InChI is InChI=1S/C56H56F2N10O8/c1-3-38-43(57)9-4-32-20-37(69)22-41(46(32)38)48-47(58)49-42(24-60-48)50(66-26-34-5-6-35(27-66)61-34)64-54(63-49)76-29-56-16-12-36(67(56)25-30(2)23-56)28-75-55(74)65-18-14-31(15-19-65)13-17-59-33-7-8-39-40(21-33)53(73)68(52(39)72)44-10-11-45(70)62-51(44)71/h1,4,7-9,20-22,24,31,34-36,44,59,61,69H,2,5-6,10-19,23,25-29H2,(H,62,70,71)/t34?,35?,36-,44?,56?/m0/s1.